The molecule has 0 aliphatic rings. The lowest BCUT2D eigenvalue weighted by Crippen LogP contribution is -2.25. The van der Waals surface area contributed by atoms with Crippen molar-refractivity contribution in [3.8, 4) is 0 Å². The molecule has 8 atom stereocenters. The number of aliphatic hydroxyl groups excluding tert-OH is 7. The van der Waals surface area contributed by atoms with Gasteiger partial charge < -0.3 is 35.7 Å². The molecule has 180 valence electrons. The zero-order chi connectivity index (χ0) is 23.3. The fourth-order valence-electron chi connectivity index (χ4n) is 3.38. The third-order valence-electron chi connectivity index (χ3n) is 5.62. The molecule has 7 N–H and O–H groups in total. The molecule has 0 bridgehead atoms. The fraction of sp³-hybridized carbons (Fsp3) is 0.913. The van der Waals surface area contributed by atoms with Crippen molar-refractivity contribution >= 4 is 0 Å². The Morgan fingerprint density at radius 2 is 1.07 bits per heavy atom. The van der Waals surface area contributed by atoms with Crippen LogP contribution in [0, 0.1) is 11.8 Å². The Bertz CT molecular complexity index is 441. The second kappa shape index (κ2) is 16.1. The largest absolute Gasteiger partial charge is 0.393 e. The quantitative estimate of drug-likeness (QED) is 0.172. The summed E-state index contributed by atoms with van der Waals surface area (Å²) in [7, 11) is 0. The minimum absolute atomic E-state index is 0.0821. The van der Waals surface area contributed by atoms with Crippen LogP contribution in [-0.2, 0) is 0 Å². The van der Waals surface area contributed by atoms with E-state index < -0.39 is 42.7 Å². The molecule has 8 unspecified atom stereocenters. The van der Waals surface area contributed by atoms with Gasteiger partial charge in [0, 0.05) is 6.42 Å². The van der Waals surface area contributed by atoms with E-state index in [4.69, 9.17) is 0 Å². The SMILES string of the molecule is CC(O)CC(O)CC(O)CC(O)C/C=C/C(O)CC(O)CC(O)CCC(C)C(C)C. The molecule has 0 amide bonds. The van der Waals surface area contributed by atoms with E-state index >= 15 is 0 Å². The van der Waals surface area contributed by atoms with E-state index in [1.807, 2.05) is 0 Å². The van der Waals surface area contributed by atoms with Gasteiger partial charge in [-0.1, -0.05) is 32.9 Å². The molecule has 0 saturated heterocycles. The monoisotopic (exact) mass is 434 g/mol. The number of hydrogen-bond acceptors (Lipinski definition) is 7. The van der Waals surface area contributed by atoms with Crippen LogP contribution in [0.15, 0.2) is 12.2 Å². The average molecular weight is 435 g/mol. The second-order valence-electron chi connectivity index (χ2n) is 9.33. The molecule has 0 aliphatic heterocycles. The van der Waals surface area contributed by atoms with Crippen molar-refractivity contribution in [2.24, 2.45) is 11.8 Å². The van der Waals surface area contributed by atoms with Gasteiger partial charge in [0.1, 0.15) is 0 Å². The molecular weight excluding hydrogens is 388 g/mol. The van der Waals surface area contributed by atoms with E-state index in [9.17, 15) is 35.7 Å². The van der Waals surface area contributed by atoms with Crippen molar-refractivity contribution in [1.82, 2.24) is 0 Å². The lowest BCUT2D eigenvalue weighted by molar-refractivity contribution is 0.0225. The first-order valence-corrected chi connectivity index (χ1v) is 11.3. The van der Waals surface area contributed by atoms with Crippen LogP contribution in [0.25, 0.3) is 0 Å². The molecule has 7 nitrogen and oxygen atoms in total. The van der Waals surface area contributed by atoms with Gasteiger partial charge in [0.25, 0.3) is 0 Å². The van der Waals surface area contributed by atoms with Gasteiger partial charge in [0.15, 0.2) is 0 Å². The van der Waals surface area contributed by atoms with E-state index in [-0.39, 0.29) is 38.5 Å². The molecule has 0 heterocycles. The van der Waals surface area contributed by atoms with E-state index in [1.165, 1.54) is 6.08 Å². The van der Waals surface area contributed by atoms with Crippen molar-refractivity contribution in [3.63, 3.8) is 0 Å². The van der Waals surface area contributed by atoms with Crippen LogP contribution in [0.4, 0.5) is 0 Å². The normalized spacial score (nSPS) is 20.7. The maximum absolute atomic E-state index is 10.1. The van der Waals surface area contributed by atoms with Gasteiger partial charge in [0.2, 0.25) is 0 Å². The molecule has 7 heteroatoms. The van der Waals surface area contributed by atoms with Crippen LogP contribution in [0.2, 0.25) is 0 Å². The molecule has 0 aromatic rings. The van der Waals surface area contributed by atoms with Gasteiger partial charge in [-0.15, -0.1) is 0 Å². The highest BCUT2D eigenvalue weighted by Crippen LogP contribution is 2.19. The number of aliphatic hydroxyl groups is 7. The summed E-state index contributed by atoms with van der Waals surface area (Å²) in [6.45, 7) is 8.00. The Morgan fingerprint density at radius 3 is 1.63 bits per heavy atom. The minimum atomic E-state index is -0.883. The summed E-state index contributed by atoms with van der Waals surface area (Å²) in [5.41, 5.74) is 0. The third kappa shape index (κ3) is 16.2. The molecule has 0 aliphatic carbocycles. The standard InChI is InChI=1S/C23H46O7/c1-15(2)16(3)8-9-20(27)13-22(29)11-18(25)6-5-7-19(26)12-23(30)14-21(28)10-17(4)24/h5-6,15-30H,7-14H2,1-4H3/b6-5+. The Balaban J connectivity index is 4.09. The molecule has 0 aromatic carbocycles. The van der Waals surface area contributed by atoms with Gasteiger partial charge >= 0.3 is 0 Å². The fourth-order valence-corrected chi connectivity index (χ4v) is 3.38. The van der Waals surface area contributed by atoms with Crippen LogP contribution in [0.5, 0.6) is 0 Å². The smallest absolute Gasteiger partial charge is 0.0745 e. The van der Waals surface area contributed by atoms with Crippen molar-refractivity contribution in [2.75, 3.05) is 0 Å². The van der Waals surface area contributed by atoms with Gasteiger partial charge in [-0.25, -0.2) is 0 Å². The molecule has 0 fully saturated rings. The van der Waals surface area contributed by atoms with Crippen LogP contribution in [0.1, 0.15) is 79.1 Å². The van der Waals surface area contributed by atoms with Crippen LogP contribution < -0.4 is 0 Å². The molecule has 30 heavy (non-hydrogen) atoms. The lowest BCUT2D eigenvalue weighted by atomic mass is 9.91. The predicted octanol–water partition coefficient (Wildman–Crippen LogP) is 1.50. The van der Waals surface area contributed by atoms with Crippen LogP contribution >= 0.6 is 0 Å². The Labute approximate surface area is 182 Å². The minimum Gasteiger partial charge on any atom is -0.393 e. The van der Waals surface area contributed by atoms with Crippen LogP contribution in [0.3, 0.4) is 0 Å². The first-order chi connectivity index (χ1) is 13.9. The van der Waals surface area contributed by atoms with Crippen molar-refractivity contribution < 1.29 is 35.7 Å². The summed E-state index contributed by atoms with van der Waals surface area (Å²) < 4.78 is 0. The molecule has 0 radical (unpaired) electrons. The number of rotatable bonds is 17. The summed E-state index contributed by atoms with van der Waals surface area (Å²) in [6.07, 6.45) is 0.0536. The van der Waals surface area contributed by atoms with Gasteiger partial charge in [0.05, 0.1) is 42.7 Å². The maximum atomic E-state index is 10.1. The summed E-state index contributed by atoms with van der Waals surface area (Å²) in [5, 5.41) is 68.9. The van der Waals surface area contributed by atoms with E-state index in [0.29, 0.717) is 18.3 Å². The van der Waals surface area contributed by atoms with E-state index in [2.05, 4.69) is 20.8 Å². The van der Waals surface area contributed by atoms with E-state index in [1.54, 1.807) is 13.0 Å². The highest BCUT2D eigenvalue weighted by Gasteiger charge is 2.18. The summed E-state index contributed by atoms with van der Waals surface area (Å²) in [5.74, 6) is 1.07. The van der Waals surface area contributed by atoms with E-state index in [0.717, 1.165) is 6.42 Å². The molecule has 0 rings (SSSR count). The molecule has 0 aromatic heterocycles. The highest BCUT2D eigenvalue weighted by molar-refractivity contribution is 4.91. The highest BCUT2D eigenvalue weighted by atomic mass is 16.3. The van der Waals surface area contributed by atoms with Crippen molar-refractivity contribution in [3.05, 3.63) is 12.2 Å². The Morgan fingerprint density at radius 1 is 0.567 bits per heavy atom. The van der Waals surface area contributed by atoms with Gasteiger partial charge in [-0.05, 0) is 63.7 Å². The summed E-state index contributed by atoms with van der Waals surface area (Å²) in [4.78, 5) is 0. The summed E-state index contributed by atoms with van der Waals surface area (Å²) in [6, 6.07) is 0. The molecule has 0 spiro atoms. The van der Waals surface area contributed by atoms with Crippen LogP contribution in [-0.4, -0.2) is 78.5 Å². The third-order valence-corrected chi connectivity index (χ3v) is 5.62. The maximum Gasteiger partial charge on any atom is 0.0745 e. The Hall–Kier alpha value is -0.540. The molecular formula is C23H46O7. The van der Waals surface area contributed by atoms with Crippen molar-refractivity contribution in [1.29, 1.82) is 0 Å². The second-order valence-corrected chi connectivity index (χ2v) is 9.33. The van der Waals surface area contributed by atoms with Crippen molar-refractivity contribution in [2.45, 2.75) is 122 Å². The lowest BCUT2D eigenvalue weighted by Gasteiger charge is -2.20. The van der Waals surface area contributed by atoms with Gasteiger partial charge in [-0.3, -0.25) is 0 Å². The molecule has 0 saturated carbocycles. The zero-order valence-corrected chi connectivity index (χ0v) is 19.1. The summed E-state index contributed by atoms with van der Waals surface area (Å²) >= 11 is 0. The zero-order valence-electron chi connectivity index (χ0n) is 19.1. The number of hydrogen-bond donors (Lipinski definition) is 7. The Kier molecular flexibility index (Phi) is 15.9. The van der Waals surface area contributed by atoms with Gasteiger partial charge in [-0.2, -0.15) is 0 Å². The topological polar surface area (TPSA) is 142 Å². The first-order valence-electron chi connectivity index (χ1n) is 11.3. The predicted molar refractivity (Wildman–Crippen MR) is 118 cm³/mol. The average Bonchev–Trinajstić information content (AvgIpc) is 2.57. The first kappa shape index (κ1) is 29.5.